The van der Waals surface area contributed by atoms with E-state index in [9.17, 15) is 4.79 Å². The summed E-state index contributed by atoms with van der Waals surface area (Å²) in [5, 5.41) is 6.19. The Morgan fingerprint density at radius 3 is 3.21 bits per heavy atom. The molecule has 2 aromatic heterocycles. The van der Waals surface area contributed by atoms with Crippen molar-refractivity contribution in [3.8, 4) is 0 Å². The van der Waals surface area contributed by atoms with Gasteiger partial charge < -0.3 is 14.4 Å². The van der Waals surface area contributed by atoms with Gasteiger partial charge >= 0.3 is 0 Å². The first kappa shape index (κ1) is 15.8. The van der Waals surface area contributed by atoms with Crippen molar-refractivity contribution in [3.05, 3.63) is 40.8 Å². The van der Waals surface area contributed by atoms with Crippen LogP contribution in [0.2, 0.25) is 0 Å². The molecule has 6 nitrogen and oxygen atoms in total. The predicted octanol–water partition coefficient (Wildman–Crippen LogP) is 2.03. The second-order valence-electron chi connectivity index (χ2n) is 6.45. The molecule has 2 aliphatic rings. The highest BCUT2D eigenvalue weighted by molar-refractivity contribution is 7.12. The third-order valence-corrected chi connectivity index (χ3v) is 5.52. The number of ether oxygens (including phenoxy) is 2. The van der Waals surface area contributed by atoms with Crippen molar-refractivity contribution in [1.82, 2.24) is 14.7 Å². The van der Waals surface area contributed by atoms with Gasteiger partial charge in [0.05, 0.1) is 37.3 Å². The molecule has 0 radical (unpaired) electrons. The van der Waals surface area contributed by atoms with Crippen LogP contribution < -0.4 is 0 Å². The van der Waals surface area contributed by atoms with E-state index in [1.165, 1.54) is 11.3 Å². The number of carbonyl (C=O) groups excluding carboxylic acids is 1. The summed E-state index contributed by atoms with van der Waals surface area (Å²) in [4.78, 5) is 15.4. The Balaban J connectivity index is 1.45. The van der Waals surface area contributed by atoms with Crippen molar-refractivity contribution >= 4 is 17.2 Å². The number of carbonyl (C=O) groups is 1. The summed E-state index contributed by atoms with van der Waals surface area (Å²) < 4.78 is 14.0. The molecule has 2 fully saturated rings. The van der Waals surface area contributed by atoms with Gasteiger partial charge in [0, 0.05) is 18.9 Å². The number of hydrogen-bond donors (Lipinski definition) is 0. The minimum absolute atomic E-state index is 0.0778. The molecule has 1 spiro atoms. The molecule has 128 valence electrons. The molecule has 0 bridgehead atoms. The third kappa shape index (κ3) is 3.24. The normalized spacial score (nSPS) is 27.5. The number of amides is 1. The van der Waals surface area contributed by atoms with Gasteiger partial charge in [0.15, 0.2) is 0 Å². The molecule has 7 heteroatoms. The van der Waals surface area contributed by atoms with Crippen molar-refractivity contribution in [2.45, 2.75) is 31.1 Å². The molecular formula is C17H21N3O3S. The quantitative estimate of drug-likeness (QED) is 0.853. The summed E-state index contributed by atoms with van der Waals surface area (Å²) in [5.74, 6) is 0.0778. The van der Waals surface area contributed by atoms with Crippen LogP contribution in [0.5, 0.6) is 0 Å². The largest absolute Gasteiger partial charge is 0.377 e. The van der Waals surface area contributed by atoms with Gasteiger partial charge in [-0.05, 0) is 30.4 Å². The fourth-order valence-electron chi connectivity index (χ4n) is 3.50. The molecule has 4 heterocycles. The molecule has 0 unspecified atom stereocenters. The maximum atomic E-state index is 12.7. The number of nitrogens with zero attached hydrogens (tertiary/aromatic N) is 3. The van der Waals surface area contributed by atoms with Gasteiger partial charge in [0.1, 0.15) is 5.60 Å². The lowest BCUT2D eigenvalue weighted by atomic mass is 10.00. The van der Waals surface area contributed by atoms with Crippen LogP contribution in [-0.2, 0) is 16.0 Å². The first-order chi connectivity index (χ1) is 11.7. The second kappa shape index (κ2) is 6.66. The second-order valence-corrected chi connectivity index (χ2v) is 7.39. The van der Waals surface area contributed by atoms with E-state index < -0.39 is 0 Å². The zero-order valence-corrected chi connectivity index (χ0v) is 14.3. The summed E-state index contributed by atoms with van der Waals surface area (Å²) in [6.45, 7) is 3.07. The SMILES string of the molecule is O=C(c1cccs1)N1CCOC[C@@]2(CC[C@H](Cn3cccn3)O2)C1. The molecule has 4 rings (SSSR count). The monoisotopic (exact) mass is 347 g/mol. The van der Waals surface area contributed by atoms with Gasteiger partial charge in [-0.25, -0.2) is 0 Å². The Kier molecular flexibility index (Phi) is 4.39. The van der Waals surface area contributed by atoms with E-state index in [4.69, 9.17) is 9.47 Å². The molecule has 24 heavy (non-hydrogen) atoms. The Morgan fingerprint density at radius 2 is 2.42 bits per heavy atom. The zero-order chi connectivity index (χ0) is 16.4. The van der Waals surface area contributed by atoms with Gasteiger partial charge in [-0.1, -0.05) is 6.07 Å². The first-order valence-corrected chi connectivity index (χ1v) is 9.18. The molecule has 2 aliphatic heterocycles. The molecule has 2 atom stereocenters. The van der Waals surface area contributed by atoms with Crippen LogP contribution in [0.25, 0.3) is 0 Å². The van der Waals surface area contributed by atoms with Crippen LogP contribution in [0.15, 0.2) is 36.0 Å². The topological polar surface area (TPSA) is 56.6 Å². The highest BCUT2D eigenvalue weighted by Crippen LogP contribution is 2.34. The summed E-state index contributed by atoms with van der Waals surface area (Å²) in [7, 11) is 0. The van der Waals surface area contributed by atoms with Crippen LogP contribution in [0.4, 0.5) is 0 Å². The smallest absolute Gasteiger partial charge is 0.264 e. The Hall–Kier alpha value is -1.70. The highest BCUT2D eigenvalue weighted by atomic mass is 32.1. The standard InChI is InChI=1S/C17H21N3O3S/c21-16(15-3-1-10-24-15)19-8-9-22-13-17(12-19)5-4-14(23-17)11-20-7-2-6-18-20/h1-3,6-7,10,14H,4-5,8-9,11-13H2/t14-,17-/m1/s1. The molecule has 0 N–H and O–H groups in total. The van der Waals surface area contributed by atoms with Crippen LogP contribution in [0.1, 0.15) is 22.5 Å². The van der Waals surface area contributed by atoms with Crippen molar-refractivity contribution < 1.29 is 14.3 Å². The maximum absolute atomic E-state index is 12.7. The molecule has 2 aromatic rings. The van der Waals surface area contributed by atoms with E-state index in [0.717, 1.165) is 24.3 Å². The van der Waals surface area contributed by atoms with E-state index in [0.29, 0.717) is 26.3 Å². The van der Waals surface area contributed by atoms with Crippen molar-refractivity contribution in [2.24, 2.45) is 0 Å². The maximum Gasteiger partial charge on any atom is 0.264 e. The molecule has 0 aromatic carbocycles. The fraction of sp³-hybridized carbons (Fsp3) is 0.529. The predicted molar refractivity (Wildman–Crippen MR) is 90.1 cm³/mol. The first-order valence-electron chi connectivity index (χ1n) is 8.30. The molecule has 1 amide bonds. The van der Waals surface area contributed by atoms with Gasteiger partial charge in [0.25, 0.3) is 5.91 Å². The number of thiophene rings is 1. The van der Waals surface area contributed by atoms with E-state index in [2.05, 4.69) is 5.10 Å². The van der Waals surface area contributed by atoms with Gasteiger partial charge in [-0.3, -0.25) is 9.48 Å². The van der Waals surface area contributed by atoms with Crippen LogP contribution in [0, 0.1) is 0 Å². The lowest BCUT2D eigenvalue weighted by molar-refractivity contribution is -0.0880. The average molecular weight is 347 g/mol. The van der Waals surface area contributed by atoms with E-state index in [-0.39, 0.29) is 17.6 Å². The van der Waals surface area contributed by atoms with E-state index in [1.54, 1.807) is 6.20 Å². The molecule has 2 saturated heterocycles. The number of hydrogen-bond acceptors (Lipinski definition) is 5. The molecule has 0 saturated carbocycles. The van der Waals surface area contributed by atoms with Gasteiger partial charge in [0.2, 0.25) is 0 Å². The van der Waals surface area contributed by atoms with Crippen molar-refractivity contribution in [3.63, 3.8) is 0 Å². The van der Waals surface area contributed by atoms with Crippen LogP contribution in [-0.4, -0.2) is 58.6 Å². The fourth-order valence-corrected chi connectivity index (χ4v) is 4.19. The Bertz CT molecular complexity index is 673. The molecule has 0 aliphatic carbocycles. The third-order valence-electron chi connectivity index (χ3n) is 4.66. The number of aromatic nitrogens is 2. The van der Waals surface area contributed by atoms with Crippen molar-refractivity contribution in [2.75, 3.05) is 26.3 Å². The average Bonchev–Trinajstić information content (AvgIpc) is 3.30. The van der Waals surface area contributed by atoms with E-state index in [1.807, 2.05) is 39.4 Å². The summed E-state index contributed by atoms with van der Waals surface area (Å²) in [6, 6.07) is 5.70. The number of rotatable bonds is 3. The minimum atomic E-state index is -0.388. The van der Waals surface area contributed by atoms with Gasteiger partial charge in [-0.2, -0.15) is 5.10 Å². The van der Waals surface area contributed by atoms with Crippen LogP contribution >= 0.6 is 11.3 Å². The van der Waals surface area contributed by atoms with Crippen molar-refractivity contribution in [1.29, 1.82) is 0 Å². The van der Waals surface area contributed by atoms with Crippen LogP contribution in [0.3, 0.4) is 0 Å². The van der Waals surface area contributed by atoms with E-state index >= 15 is 0 Å². The highest BCUT2D eigenvalue weighted by Gasteiger charge is 2.44. The summed E-state index contributed by atoms with van der Waals surface area (Å²) in [5.41, 5.74) is -0.388. The zero-order valence-electron chi connectivity index (χ0n) is 13.5. The summed E-state index contributed by atoms with van der Waals surface area (Å²) in [6.07, 6.45) is 5.72. The Morgan fingerprint density at radius 1 is 1.46 bits per heavy atom. The lowest BCUT2D eigenvalue weighted by Gasteiger charge is -2.31. The Labute approximate surface area is 145 Å². The molecular weight excluding hydrogens is 326 g/mol. The summed E-state index contributed by atoms with van der Waals surface area (Å²) >= 11 is 1.48. The lowest BCUT2D eigenvalue weighted by Crippen LogP contribution is -2.46. The van der Waals surface area contributed by atoms with Gasteiger partial charge in [-0.15, -0.1) is 11.3 Å². The minimum Gasteiger partial charge on any atom is -0.377 e.